The van der Waals surface area contributed by atoms with Crippen LogP contribution in [0.2, 0.25) is 0 Å². The molecule has 0 bridgehead atoms. The monoisotopic (exact) mass is 113 g/mol. The fraction of sp³-hybridized carbons (Fsp3) is 0.571. The molecule has 0 aliphatic rings. The van der Waals surface area contributed by atoms with Gasteiger partial charge in [0.05, 0.1) is 6.10 Å². The van der Waals surface area contributed by atoms with E-state index in [1.807, 2.05) is 13.8 Å². The Hall–Kier alpha value is -0.300. The highest BCUT2D eigenvalue weighted by atomic mass is 16.3. The van der Waals surface area contributed by atoms with E-state index in [2.05, 4.69) is 6.58 Å². The van der Waals surface area contributed by atoms with Gasteiger partial charge in [0.1, 0.15) is 0 Å². The summed E-state index contributed by atoms with van der Waals surface area (Å²) in [5.41, 5.74) is 1.02. The number of aliphatic hydroxyl groups excluding tert-OH is 1. The molecule has 0 amide bonds. The molecule has 0 aliphatic heterocycles. The maximum absolute atomic E-state index is 8.88. The van der Waals surface area contributed by atoms with Crippen molar-refractivity contribution in [2.45, 2.75) is 26.7 Å². The van der Waals surface area contributed by atoms with Gasteiger partial charge >= 0.3 is 0 Å². The SMILES string of the molecule is C=C(C)C[C](O)CC. The zero-order valence-electron chi connectivity index (χ0n) is 5.57. The van der Waals surface area contributed by atoms with Gasteiger partial charge in [-0.3, -0.25) is 0 Å². The van der Waals surface area contributed by atoms with Gasteiger partial charge in [-0.15, -0.1) is 6.58 Å². The second-order valence-electron chi connectivity index (χ2n) is 2.05. The van der Waals surface area contributed by atoms with Crippen molar-refractivity contribution >= 4 is 0 Å². The van der Waals surface area contributed by atoms with E-state index in [1.165, 1.54) is 0 Å². The molecule has 0 spiro atoms. The molecule has 0 unspecified atom stereocenters. The standard InChI is InChI=1S/C7H13O/c1-4-7(8)5-6(2)3/h8H,2,4-5H2,1,3H3. The fourth-order valence-electron chi connectivity index (χ4n) is 0.473. The van der Waals surface area contributed by atoms with Crippen LogP contribution in [0, 0.1) is 6.10 Å². The maximum atomic E-state index is 8.88. The molecule has 0 saturated heterocycles. The highest BCUT2D eigenvalue weighted by molar-refractivity contribution is 4.96. The third-order valence-electron chi connectivity index (χ3n) is 0.914. The van der Waals surface area contributed by atoms with Crippen LogP contribution in [0.4, 0.5) is 0 Å². The predicted molar refractivity (Wildman–Crippen MR) is 34.9 cm³/mol. The lowest BCUT2D eigenvalue weighted by Gasteiger charge is -2.03. The third-order valence-corrected chi connectivity index (χ3v) is 0.914. The largest absolute Gasteiger partial charge is 0.387 e. The molecule has 1 heteroatoms. The molecule has 0 aliphatic carbocycles. The molecule has 0 heterocycles. The van der Waals surface area contributed by atoms with Crippen molar-refractivity contribution in [3.8, 4) is 0 Å². The average Bonchev–Trinajstić information content (AvgIpc) is 1.65. The van der Waals surface area contributed by atoms with Gasteiger partial charge in [0, 0.05) is 0 Å². The van der Waals surface area contributed by atoms with Crippen molar-refractivity contribution in [3.63, 3.8) is 0 Å². The van der Waals surface area contributed by atoms with Crippen LogP contribution < -0.4 is 0 Å². The van der Waals surface area contributed by atoms with E-state index >= 15 is 0 Å². The molecular weight excluding hydrogens is 100 g/mol. The topological polar surface area (TPSA) is 20.2 Å². The molecule has 0 aromatic heterocycles. The third kappa shape index (κ3) is 3.88. The van der Waals surface area contributed by atoms with Gasteiger partial charge in [-0.1, -0.05) is 12.5 Å². The number of hydrogen-bond acceptors (Lipinski definition) is 1. The van der Waals surface area contributed by atoms with Gasteiger partial charge in [-0.25, -0.2) is 0 Å². The van der Waals surface area contributed by atoms with Crippen LogP contribution in [0.15, 0.2) is 12.2 Å². The summed E-state index contributed by atoms with van der Waals surface area (Å²) < 4.78 is 0. The van der Waals surface area contributed by atoms with Crippen LogP contribution in [0.25, 0.3) is 0 Å². The van der Waals surface area contributed by atoms with E-state index in [1.54, 1.807) is 0 Å². The first-order valence-corrected chi connectivity index (χ1v) is 2.84. The summed E-state index contributed by atoms with van der Waals surface area (Å²) in [5, 5.41) is 8.88. The second kappa shape index (κ2) is 3.67. The van der Waals surface area contributed by atoms with Gasteiger partial charge in [-0.05, 0) is 19.8 Å². The average molecular weight is 113 g/mol. The smallest absolute Gasteiger partial charge is 0.0970 e. The van der Waals surface area contributed by atoms with Crippen LogP contribution in [-0.2, 0) is 0 Å². The lowest BCUT2D eigenvalue weighted by Crippen LogP contribution is -1.92. The molecule has 0 aromatic carbocycles. The molecule has 1 nitrogen and oxygen atoms in total. The fourth-order valence-corrected chi connectivity index (χ4v) is 0.473. The maximum Gasteiger partial charge on any atom is 0.0970 e. The van der Waals surface area contributed by atoms with Crippen LogP contribution in [0.3, 0.4) is 0 Å². The quantitative estimate of drug-likeness (QED) is 0.556. The highest BCUT2D eigenvalue weighted by Gasteiger charge is 1.99. The lowest BCUT2D eigenvalue weighted by molar-refractivity contribution is 0.284. The first kappa shape index (κ1) is 7.70. The summed E-state index contributed by atoms with van der Waals surface area (Å²) in [6.07, 6.45) is 1.93. The predicted octanol–water partition coefficient (Wildman–Crippen LogP) is 2.27. The number of hydrogen-bond donors (Lipinski definition) is 1. The Kier molecular flexibility index (Phi) is 3.53. The Bertz CT molecular complexity index is 76.5. The molecule has 0 atom stereocenters. The van der Waals surface area contributed by atoms with Crippen LogP contribution in [-0.4, -0.2) is 5.11 Å². The van der Waals surface area contributed by atoms with E-state index in [0.717, 1.165) is 12.0 Å². The normalized spacial score (nSPS) is 10.0. The minimum absolute atomic E-state index is 0.525. The van der Waals surface area contributed by atoms with E-state index in [9.17, 15) is 0 Å². The highest BCUT2D eigenvalue weighted by Crippen LogP contribution is 2.10. The second-order valence-corrected chi connectivity index (χ2v) is 2.05. The molecule has 0 saturated carbocycles. The Morgan fingerprint density at radius 1 is 1.62 bits per heavy atom. The Balaban J connectivity index is 3.24. The van der Waals surface area contributed by atoms with Crippen molar-refractivity contribution in [1.82, 2.24) is 0 Å². The molecule has 8 heavy (non-hydrogen) atoms. The Morgan fingerprint density at radius 2 is 2.12 bits per heavy atom. The van der Waals surface area contributed by atoms with Gasteiger partial charge in [0.2, 0.25) is 0 Å². The Morgan fingerprint density at radius 3 is 2.25 bits per heavy atom. The van der Waals surface area contributed by atoms with E-state index in [-0.39, 0.29) is 0 Å². The van der Waals surface area contributed by atoms with E-state index in [4.69, 9.17) is 5.11 Å². The van der Waals surface area contributed by atoms with Crippen molar-refractivity contribution < 1.29 is 5.11 Å². The molecule has 0 rings (SSSR count). The van der Waals surface area contributed by atoms with Gasteiger partial charge in [0.25, 0.3) is 0 Å². The van der Waals surface area contributed by atoms with Crippen molar-refractivity contribution in [2.24, 2.45) is 0 Å². The summed E-state index contributed by atoms with van der Waals surface area (Å²) in [6.45, 7) is 7.50. The van der Waals surface area contributed by atoms with E-state index < -0.39 is 0 Å². The molecule has 47 valence electrons. The van der Waals surface area contributed by atoms with Gasteiger partial charge in [0.15, 0.2) is 0 Å². The van der Waals surface area contributed by atoms with Crippen molar-refractivity contribution in [2.75, 3.05) is 0 Å². The zero-order chi connectivity index (χ0) is 6.57. The van der Waals surface area contributed by atoms with Gasteiger partial charge < -0.3 is 5.11 Å². The minimum atomic E-state index is 0.525. The molecular formula is C7H13O. The number of rotatable bonds is 3. The van der Waals surface area contributed by atoms with Crippen molar-refractivity contribution in [3.05, 3.63) is 18.3 Å². The zero-order valence-corrected chi connectivity index (χ0v) is 5.57. The summed E-state index contributed by atoms with van der Waals surface area (Å²) in [6, 6.07) is 0. The first-order valence-electron chi connectivity index (χ1n) is 2.84. The van der Waals surface area contributed by atoms with Crippen LogP contribution in [0.5, 0.6) is 0 Å². The van der Waals surface area contributed by atoms with E-state index in [0.29, 0.717) is 12.5 Å². The molecule has 1 radical (unpaired) electrons. The number of aliphatic hydroxyl groups is 1. The van der Waals surface area contributed by atoms with Crippen molar-refractivity contribution in [1.29, 1.82) is 0 Å². The van der Waals surface area contributed by atoms with Gasteiger partial charge in [-0.2, -0.15) is 0 Å². The molecule has 0 fully saturated rings. The molecule has 0 aromatic rings. The van der Waals surface area contributed by atoms with Crippen LogP contribution >= 0.6 is 0 Å². The summed E-state index contributed by atoms with van der Waals surface area (Å²) in [7, 11) is 0. The summed E-state index contributed by atoms with van der Waals surface area (Å²) in [4.78, 5) is 0. The summed E-state index contributed by atoms with van der Waals surface area (Å²) in [5.74, 6) is 0. The minimum Gasteiger partial charge on any atom is -0.387 e. The lowest BCUT2D eigenvalue weighted by atomic mass is 10.1. The van der Waals surface area contributed by atoms with Crippen LogP contribution in [0.1, 0.15) is 26.7 Å². The summed E-state index contributed by atoms with van der Waals surface area (Å²) >= 11 is 0. The Labute approximate surface area is 51.0 Å². The molecule has 1 N–H and O–H groups in total. The first-order chi connectivity index (χ1) is 3.66.